The molecule has 1 N–H and O–H groups in total. The van der Waals surface area contributed by atoms with Gasteiger partial charge in [-0.15, -0.1) is 0 Å². The number of aliphatic hydroxyl groups excluding tert-OH is 1. The summed E-state index contributed by atoms with van der Waals surface area (Å²) in [5.41, 5.74) is 0.331. The average Bonchev–Trinajstić information content (AvgIpc) is 2.55. The molecule has 0 fully saturated rings. The monoisotopic (exact) mass is 382 g/mol. The van der Waals surface area contributed by atoms with Crippen LogP contribution in [0.4, 0.5) is 17.6 Å². The molecule has 2 nitrogen and oxygen atoms in total. The predicted octanol–water partition coefficient (Wildman–Crippen LogP) is 5.48. The maximum absolute atomic E-state index is 13.4. The number of carbonyl (C=O) groups excluding carboxylic acids is 1. The third kappa shape index (κ3) is 5.39. The number of aliphatic hydroxyl groups is 1. The second-order valence-corrected chi connectivity index (χ2v) is 7.38. The van der Waals surface area contributed by atoms with Crippen LogP contribution in [0.3, 0.4) is 0 Å². The lowest BCUT2D eigenvalue weighted by Gasteiger charge is -2.35. The predicted molar refractivity (Wildman–Crippen MR) is 96.3 cm³/mol. The number of benzene rings is 1. The summed E-state index contributed by atoms with van der Waals surface area (Å²) in [6.07, 6.45) is 1.41. The first-order valence-corrected chi connectivity index (χ1v) is 8.57. The van der Waals surface area contributed by atoms with E-state index in [1.54, 1.807) is 6.08 Å². The highest BCUT2D eigenvalue weighted by Gasteiger charge is 2.32. The minimum Gasteiger partial charge on any atom is -0.389 e. The quantitative estimate of drug-likeness (QED) is 0.553. The van der Waals surface area contributed by atoms with Gasteiger partial charge in [0.2, 0.25) is 0 Å². The van der Waals surface area contributed by atoms with E-state index in [-0.39, 0.29) is 11.0 Å². The van der Waals surface area contributed by atoms with Gasteiger partial charge in [-0.3, -0.25) is 4.79 Å². The van der Waals surface area contributed by atoms with Crippen LogP contribution in [0.15, 0.2) is 47.6 Å². The number of rotatable bonds is 4. The van der Waals surface area contributed by atoms with Crippen LogP contribution in [0.5, 0.6) is 0 Å². The zero-order valence-corrected chi connectivity index (χ0v) is 15.4. The Kier molecular flexibility index (Phi) is 6.10. The Morgan fingerprint density at radius 3 is 2.44 bits per heavy atom. The lowest BCUT2D eigenvalue weighted by atomic mass is 9.71. The van der Waals surface area contributed by atoms with E-state index in [1.807, 2.05) is 20.8 Å². The summed E-state index contributed by atoms with van der Waals surface area (Å²) in [5.74, 6) is -1.46. The molecule has 0 aliphatic heterocycles. The summed E-state index contributed by atoms with van der Waals surface area (Å²) in [7, 11) is 0. The van der Waals surface area contributed by atoms with E-state index in [9.17, 15) is 27.5 Å². The van der Waals surface area contributed by atoms with Gasteiger partial charge in [0.1, 0.15) is 5.82 Å². The van der Waals surface area contributed by atoms with Crippen molar-refractivity contribution in [1.82, 2.24) is 0 Å². The second-order valence-electron chi connectivity index (χ2n) is 7.38. The Hall–Kier alpha value is -2.21. The first kappa shape index (κ1) is 21.1. The van der Waals surface area contributed by atoms with E-state index in [2.05, 4.69) is 0 Å². The minimum absolute atomic E-state index is 0.0483. The lowest BCUT2D eigenvalue weighted by molar-refractivity contribution is -0.137. The molecule has 27 heavy (non-hydrogen) atoms. The van der Waals surface area contributed by atoms with Gasteiger partial charge in [0.05, 0.1) is 11.7 Å². The van der Waals surface area contributed by atoms with E-state index in [0.29, 0.717) is 12.5 Å². The smallest absolute Gasteiger partial charge is 0.389 e. The highest BCUT2D eigenvalue weighted by molar-refractivity contribution is 6.02. The summed E-state index contributed by atoms with van der Waals surface area (Å²) < 4.78 is 51.5. The van der Waals surface area contributed by atoms with Crippen LogP contribution in [0.25, 0.3) is 6.08 Å². The number of alkyl halides is 3. The number of halogens is 4. The van der Waals surface area contributed by atoms with Crippen molar-refractivity contribution in [2.24, 2.45) is 5.41 Å². The number of ketones is 1. The second kappa shape index (κ2) is 7.80. The topological polar surface area (TPSA) is 37.3 Å². The average molecular weight is 382 g/mol. The largest absolute Gasteiger partial charge is 0.416 e. The molecule has 0 saturated carbocycles. The van der Waals surface area contributed by atoms with Gasteiger partial charge in [0.25, 0.3) is 0 Å². The number of hydrogen-bond donors (Lipinski definition) is 1. The first-order valence-electron chi connectivity index (χ1n) is 8.57. The van der Waals surface area contributed by atoms with Gasteiger partial charge in [-0.25, -0.2) is 4.39 Å². The number of hydrogen-bond acceptors (Lipinski definition) is 2. The molecule has 0 heterocycles. The van der Waals surface area contributed by atoms with Crippen LogP contribution in [-0.2, 0) is 11.0 Å². The molecule has 0 bridgehead atoms. The summed E-state index contributed by atoms with van der Waals surface area (Å²) >= 11 is 0. The third-order valence-electron chi connectivity index (χ3n) is 4.80. The lowest BCUT2D eigenvalue weighted by Crippen LogP contribution is -2.27. The van der Waals surface area contributed by atoms with Crippen LogP contribution in [0.1, 0.15) is 44.7 Å². The Balaban J connectivity index is 2.20. The molecule has 1 aliphatic carbocycles. The van der Waals surface area contributed by atoms with Crippen molar-refractivity contribution in [1.29, 1.82) is 0 Å². The van der Waals surface area contributed by atoms with Crippen LogP contribution < -0.4 is 0 Å². The van der Waals surface area contributed by atoms with Gasteiger partial charge in [-0.1, -0.05) is 26.0 Å². The molecule has 0 aromatic heterocycles. The zero-order chi connectivity index (χ0) is 20.4. The zero-order valence-electron chi connectivity index (χ0n) is 15.4. The molecule has 0 spiro atoms. The van der Waals surface area contributed by atoms with E-state index >= 15 is 0 Å². The van der Waals surface area contributed by atoms with Gasteiger partial charge < -0.3 is 5.11 Å². The molecule has 1 aromatic carbocycles. The molecule has 2 rings (SSSR count). The van der Waals surface area contributed by atoms with Gasteiger partial charge in [0.15, 0.2) is 5.78 Å². The molecule has 1 atom stereocenters. The maximum atomic E-state index is 13.4. The van der Waals surface area contributed by atoms with E-state index < -0.39 is 29.4 Å². The minimum atomic E-state index is -4.66. The molecule has 6 heteroatoms. The van der Waals surface area contributed by atoms with Crippen molar-refractivity contribution in [3.63, 3.8) is 0 Å². The molecule has 1 aromatic rings. The van der Waals surface area contributed by atoms with Gasteiger partial charge in [-0.2, -0.15) is 13.2 Å². The number of allylic oxidation sites excluding steroid dienone is 4. The molecular weight excluding hydrogens is 360 g/mol. The van der Waals surface area contributed by atoms with Crippen molar-refractivity contribution >= 4 is 11.9 Å². The van der Waals surface area contributed by atoms with Gasteiger partial charge in [-0.05, 0) is 72.2 Å². The highest BCUT2D eigenvalue weighted by Crippen LogP contribution is 2.40. The molecular formula is C21H22F4O2. The van der Waals surface area contributed by atoms with Crippen molar-refractivity contribution < 1.29 is 27.5 Å². The highest BCUT2D eigenvalue weighted by atomic mass is 19.4. The fourth-order valence-corrected chi connectivity index (χ4v) is 3.19. The Morgan fingerprint density at radius 1 is 1.19 bits per heavy atom. The number of carbonyl (C=O) groups is 1. The van der Waals surface area contributed by atoms with E-state index in [0.717, 1.165) is 41.9 Å². The first-order chi connectivity index (χ1) is 12.4. The molecule has 146 valence electrons. The molecule has 0 saturated heterocycles. The Bertz CT molecular complexity index is 814. The summed E-state index contributed by atoms with van der Waals surface area (Å²) in [6.45, 7) is 5.86. The van der Waals surface area contributed by atoms with Crippen LogP contribution in [-0.4, -0.2) is 17.0 Å². The summed E-state index contributed by atoms with van der Waals surface area (Å²) in [4.78, 5) is 12.1. The standard InChI is InChI=1S/C21H22F4O2/c1-13-18(20(2,3)9-8-19(13)27)7-6-17(26)5-4-14-10-15(21(23,24)25)12-16(22)11-14/h4-7,10-12,19,27H,8-9H2,1-3H3/b5-4+,7-6+. The molecule has 0 radical (unpaired) electrons. The van der Waals surface area contributed by atoms with E-state index in [4.69, 9.17) is 0 Å². The van der Waals surface area contributed by atoms with Crippen LogP contribution >= 0.6 is 0 Å². The van der Waals surface area contributed by atoms with Crippen molar-refractivity contribution in [3.8, 4) is 0 Å². The van der Waals surface area contributed by atoms with Crippen molar-refractivity contribution in [3.05, 3.63) is 64.5 Å². The maximum Gasteiger partial charge on any atom is 0.416 e. The molecule has 1 unspecified atom stereocenters. The fourth-order valence-electron chi connectivity index (χ4n) is 3.19. The van der Waals surface area contributed by atoms with Crippen molar-refractivity contribution in [2.45, 2.75) is 45.9 Å². The van der Waals surface area contributed by atoms with Gasteiger partial charge >= 0.3 is 6.18 Å². The van der Waals surface area contributed by atoms with Crippen molar-refractivity contribution in [2.75, 3.05) is 0 Å². The third-order valence-corrected chi connectivity index (χ3v) is 4.80. The summed E-state index contributed by atoms with van der Waals surface area (Å²) in [6, 6.07) is 2.12. The van der Waals surface area contributed by atoms with Gasteiger partial charge in [0, 0.05) is 0 Å². The Morgan fingerprint density at radius 2 is 1.81 bits per heavy atom. The SMILES string of the molecule is CC1=C(/C=C/C(=O)/C=C/c2cc(F)cc(C(F)(F)F)c2)C(C)(C)CCC1O. The summed E-state index contributed by atoms with van der Waals surface area (Å²) in [5, 5.41) is 10.00. The molecule has 0 amide bonds. The molecule has 1 aliphatic rings. The normalized spacial score (nSPS) is 20.7. The van der Waals surface area contributed by atoms with E-state index in [1.165, 1.54) is 6.08 Å². The van der Waals surface area contributed by atoms with Crippen LogP contribution in [0.2, 0.25) is 0 Å². The van der Waals surface area contributed by atoms with Crippen LogP contribution in [0, 0.1) is 11.2 Å². The fraction of sp³-hybridized carbons (Fsp3) is 0.381. The Labute approximate surface area is 155 Å².